The summed E-state index contributed by atoms with van der Waals surface area (Å²) < 4.78 is 60.4. The van der Waals surface area contributed by atoms with Crippen LogP contribution >= 0.6 is 0 Å². The van der Waals surface area contributed by atoms with Crippen molar-refractivity contribution in [2.45, 2.75) is 73.2 Å². The molecule has 47 heavy (non-hydrogen) atoms. The maximum absolute atomic E-state index is 15.2. The molecule has 0 saturated carbocycles. The summed E-state index contributed by atoms with van der Waals surface area (Å²) in [5, 5.41) is 14.2. The molecule has 4 unspecified atom stereocenters. The van der Waals surface area contributed by atoms with Crippen LogP contribution in [0.4, 0.5) is 20.2 Å². The minimum atomic E-state index is -4.26. The van der Waals surface area contributed by atoms with E-state index >= 15 is 17.2 Å². The van der Waals surface area contributed by atoms with Crippen molar-refractivity contribution in [3.05, 3.63) is 94.6 Å². The highest BCUT2D eigenvalue weighted by atomic mass is 32.2. The molecule has 4 atom stereocenters. The van der Waals surface area contributed by atoms with Crippen LogP contribution in [0.25, 0.3) is 22.3 Å². The van der Waals surface area contributed by atoms with Crippen LogP contribution in [0, 0.1) is 25.5 Å². The zero-order valence-corrected chi connectivity index (χ0v) is 27.5. The summed E-state index contributed by atoms with van der Waals surface area (Å²) in [6, 6.07) is 17.7. The van der Waals surface area contributed by atoms with Crippen LogP contribution in [-0.2, 0) is 9.84 Å². The fraction of sp³-hybridized carbons (Fsp3) is 0.368. The van der Waals surface area contributed by atoms with Crippen LogP contribution in [0.5, 0.6) is 0 Å². The van der Waals surface area contributed by atoms with Crippen molar-refractivity contribution in [2.75, 3.05) is 36.8 Å². The first-order chi connectivity index (χ1) is 22.7. The van der Waals surface area contributed by atoms with E-state index in [9.17, 15) is 0 Å². The molecule has 4 aliphatic heterocycles. The van der Waals surface area contributed by atoms with Gasteiger partial charge in [-0.1, -0.05) is 12.1 Å². The summed E-state index contributed by atoms with van der Waals surface area (Å²) in [4.78, 5) is 0.107. The van der Waals surface area contributed by atoms with E-state index in [4.69, 9.17) is 0 Å². The smallest absolute Gasteiger partial charge is 0.208 e. The Balaban J connectivity index is 1.27. The summed E-state index contributed by atoms with van der Waals surface area (Å²) in [5.41, 5.74) is 6.97. The van der Waals surface area contributed by atoms with Gasteiger partial charge in [-0.2, -0.15) is 0 Å². The zero-order chi connectivity index (χ0) is 32.4. The number of nitrogens with one attached hydrogen (secondary N) is 4. The van der Waals surface area contributed by atoms with Gasteiger partial charge in [-0.15, -0.1) is 0 Å². The predicted molar refractivity (Wildman–Crippen MR) is 183 cm³/mol. The van der Waals surface area contributed by atoms with Gasteiger partial charge in [-0.05, 0) is 148 Å². The van der Waals surface area contributed by atoms with Gasteiger partial charge in [0.05, 0.1) is 9.79 Å². The number of aryl methyl sites for hydroxylation is 2. The average molecular weight is 655 g/mol. The molecular formula is C38H40F2N4O2S. The molecule has 6 nitrogen and oxygen atoms in total. The van der Waals surface area contributed by atoms with Crippen molar-refractivity contribution in [2.24, 2.45) is 0 Å². The van der Waals surface area contributed by atoms with Gasteiger partial charge < -0.3 is 21.3 Å². The lowest BCUT2D eigenvalue weighted by molar-refractivity contribution is 0.578. The Labute approximate surface area is 275 Å². The second-order valence-corrected chi connectivity index (χ2v) is 15.5. The van der Waals surface area contributed by atoms with Crippen LogP contribution < -0.4 is 21.3 Å². The second kappa shape index (κ2) is 11.7. The van der Waals surface area contributed by atoms with Gasteiger partial charge >= 0.3 is 0 Å². The van der Waals surface area contributed by atoms with Gasteiger partial charge in [-0.25, -0.2) is 17.2 Å². The van der Waals surface area contributed by atoms with E-state index in [1.807, 2.05) is 36.4 Å². The Bertz CT molecular complexity index is 1880. The lowest BCUT2D eigenvalue weighted by atomic mass is 9.89. The fourth-order valence-corrected chi connectivity index (χ4v) is 10.7. The van der Waals surface area contributed by atoms with Crippen molar-refractivity contribution in [1.82, 2.24) is 10.6 Å². The fourth-order valence-electron chi connectivity index (χ4n) is 8.62. The summed E-state index contributed by atoms with van der Waals surface area (Å²) in [6.45, 7) is 6.99. The third-order valence-electron chi connectivity index (χ3n) is 10.7. The van der Waals surface area contributed by atoms with E-state index in [0.717, 1.165) is 74.4 Å². The summed E-state index contributed by atoms with van der Waals surface area (Å²) in [5.74, 6) is -0.417. The molecule has 2 saturated heterocycles. The van der Waals surface area contributed by atoms with Crippen LogP contribution in [0.15, 0.2) is 70.5 Å². The molecule has 4 heterocycles. The molecular weight excluding hydrogens is 615 g/mol. The van der Waals surface area contributed by atoms with E-state index in [1.54, 1.807) is 13.8 Å². The number of hydrogen-bond acceptors (Lipinski definition) is 6. The lowest BCUT2D eigenvalue weighted by Gasteiger charge is -2.20. The first-order valence-corrected chi connectivity index (χ1v) is 18.3. The monoisotopic (exact) mass is 654 g/mol. The number of sulfone groups is 1. The standard InChI is InChI=1S/C38H40F2N4O2S/c1-21-15-25(39)19-29(23-3-5-33-31(17-23)27-7-11-41-13-9-35(27)43-33)37(21)47(45,46)38-22(2)16-26(40)20-30(38)24-4-6-34-32(18-24)28-8-12-42-14-10-36(28)44-34/h3-6,15-20,27-28,35-36,41-44H,7-14H2,1-2H3. The number of hydrogen-bond donors (Lipinski definition) is 4. The molecule has 8 rings (SSSR count). The van der Waals surface area contributed by atoms with E-state index in [-0.39, 0.29) is 9.79 Å². The van der Waals surface area contributed by atoms with Crippen molar-refractivity contribution in [3.63, 3.8) is 0 Å². The quantitative estimate of drug-likeness (QED) is 0.173. The summed E-state index contributed by atoms with van der Waals surface area (Å²) in [6.07, 6.45) is 3.93. The minimum absolute atomic E-state index is 0.0533. The topological polar surface area (TPSA) is 82.3 Å². The van der Waals surface area contributed by atoms with E-state index in [2.05, 4.69) is 21.3 Å². The highest BCUT2D eigenvalue weighted by Crippen LogP contribution is 2.47. The van der Waals surface area contributed by atoms with Gasteiger partial charge in [0.25, 0.3) is 0 Å². The van der Waals surface area contributed by atoms with Crippen LogP contribution in [-0.4, -0.2) is 46.7 Å². The van der Waals surface area contributed by atoms with Crippen LogP contribution in [0.2, 0.25) is 0 Å². The summed E-state index contributed by atoms with van der Waals surface area (Å²) in [7, 11) is -4.26. The molecule has 4 aromatic rings. The molecule has 244 valence electrons. The molecule has 2 fully saturated rings. The van der Waals surface area contributed by atoms with Gasteiger partial charge in [0, 0.05) is 46.4 Å². The third kappa shape index (κ3) is 5.23. The predicted octanol–water partition coefficient (Wildman–Crippen LogP) is 7.27. The molecule has 0 aliphatic carbocycles. The maximum atomic E-state index is 15.2. The Morgan fingerprint density at radius 3 is 1.47 bits per heavy atom. The van der Waals surface area contributed by atoms with Gasteiger partial charge in [0.1, 0.15) is 11.6 Å². The third-order valence-corrected chi connectivity index (χ3v) is 12.9. The largest absolute Gasteiger partial charge is 0.381 e. The number of halogens is 2. The Kier molecular flexibility index (Phi) is 7.61. The van der Waals surface area contributed by atoms with Crippen molar-refractivity contribution in [3.8, 4) is 22.3 Å². The van der Waals surface area contributed by atoms with Gasteiger partial charge in [0.2, 0.25) is 9.84 Å². The Morgan fingerprint density at radius 1 is 0.596 bits per heavy atom. The summed E-state index contributed by atoms with van der Waals surface area (Å²) >= 11 is 0. The van der Waals surface area contributed by atoms with Crippen LogP contribution in [0.1, 0.15) is 59.8 Å². The first kappa shape index (κ1) is 30.5. The molecule has 0 radical (unpaired) electrons. The lowest BCUT2D eigenvalue weighted by Crippen LogP contribution is -2.21. The Morgan fingerprint density at radius 2 is 1.02 bits per heavy atom. The zero-order valence-electron chi connectivity index (χ0n) is 26.7. The number of rotatable bonds is 4. The minimum Gasteiger partial charge on any atom is -0.381 e. The van der Waals surface area contributed by atoms with Gasteiger partial charge in [-0.3, -0.25) is 0 Å². The van der Waals surface area contributed by atoms with E-state index in [1.165, 1.54) is 24.3 Å². The normalized spacial score (nSPS) is 23.4. The molecule has 9 heteroatoms. The number of fused-ring (bicyclic) bond motifs is 6. The maximum Gasteiger partial charge on any atom is 0.208 e. The molecule has 0 aromatic heterocycles. The van der Waals surface area contributed by atoms with E-state index in [0.29, 0.717) is 57.3 Å². The number of benzene rings is 4. The molecule has 4 aromatic carbocycles. The van der Waals surface area contributed by atoms with Crippen molar-refractivity contribution >= 4 is 21.2 Å². The molecule has 0 amide bonds. The van der Waals surface area contributed by atoms with Crippen molar-refractivity contribution < 1.29 is 17.2 Å². The average Bonchev–Trinajstić information content (AvgIpc) is 3.31. The van der Waals surface area contributed by atoms with E-state index < -0.39 is 21.5 Å². The molecule has 4 N–H and O–H groups in total. The SMILES string of the molecule is Cc1cc(F)cc(-c2ccc3c(c2)C2CCNCCC2N3)c1S(=O)(=O)c1c(C)cc(F)cc1-c1ccc2c(c1)C1CCNCCC1N2. The van der Waals surface area contributed by atoms with Crippen molar-refractivity contribution in [1.29, 1.82) is 0 Å². The number of anilines is 2. The molecule has 4 aliphatic rings. The highest BCUT2D eigenvalue weighted by Gasteiger charge is 2.36. The highest BCUT2D eigenvalue weighted by molar-refractivity contribution is 7.92. The molecule has 0 spiro atoms. The van der Waals surface area contributed by atoms with Crippen LogP contribution in [0.3, 0.4) is 0 Å². The second-order valence-electron chi connectivity index (χ2n) is 13.7. The van der Waals surface area contributed by atoms with Gasteiger partial charge in [0.15, 0.2) is 0 Å². The molecule has 0 bridgehead atoms. The first-order valence-electron chi connectivity index (χ1n) is 16.8. The Hall–Kier alpha value is -3.79.